The normalized spacial score (nSPS) is 12.9. The Kier molecular flexibility index (Phi) is 2.28. The van der Waals surface area contributed by atoms with Gasteiger partial charge in [0.2, 0.25) is 0 Å². The molecule has 1 atom stereocenters. The molecule has 1 aromatic carbocycles. The Morgan fingerprint density at radius 1 is 1.22 bits per heavy atom. The van der Waals surface area contributed by atoms with Gasteiger partial charge in [0.25, 0.3) is 0 Å². The first-order valence-corrected chi connectivity index (χ1v) is 5.43. The number of hydrogen-bond donors (Lipinski definition) is 3. The van der Waals surface area contributed by atoms with E-state index in [9.17, 15) is 9.90 Å². The number of H-pyrrole nitrogens is 1. The average molecular weight is 242 g/mol. The lowest BCUT2D eigenvalue weighted by Crippen LogP contribution is -2.10. The van der Waals surface area contributed by atoms with E-state index < -0.39 is 12.1 Å². The van der Waals surface area contributed by atoms with Crippen molar-refractivity contribution in [3.05, 3.63) is 42.2 Å². The van der Waals surface area contributed by atoms with Crippen LogP contribution in [0.4, 0.5) is 0 Å². The molecular formula is C13H10N2O3. The summed E-state index contributed by atoms with van der Waals surface area (Å²) in [6.45, 7) is 0. The number of pyridine rings is 1. The molecule has 0 saturated carbocycles. The molecule has 0 aliphatic carbocycles. The predicted molar refractivity (Wildman–Crippen MR) is 66.2 cm³/mol. The topological polar surface area (TPSA) is 86.2 Å². The molecule has 0 saturated heterocycles. The molecule has 5 nitrogen and oxygen atoms in total. The number of aromatic nitrogens is 2. The van der Waals surface area contributed by atoms with E-state index in [1.54, 1.807) is 30.6 Å². The first kappa shape index (κ1) is 10.7. The highest BCUT2D eigenvalue weighted by Crippen LogP contribution is 2.27. The van der Waals surface area contributed by atoms with Gasteiger partial charge in [-0.05, 0) is 23.8 Å². The summed E-state index contributed by atoms with van der Waals surface area (Å²) in [4.78, 5) is 18.0. The van der Waals surface area contributed by atoms with E-state index >= 15 is 0 Å². The van der Waals surface area contributed by atoms with Gasteiger partial charge in [0, 0.05) is 22.5 Å². The fourth-order valence-corrected chi connectivity index (χ4v) is 2.08. The summed E-state index contributed by atoms with van der Waals surface area (Å²) in [5, 5.41) is 20.2. The summed E-state index contributed by atoms with van der Waals surface area (Å²) in [5.41, 5.74) is 2.14. The van der Waals surface area contributed by atoms with Crippen LogP contribution in [0.15, 0.2) is 36.7 Å². The van der Waals surface area contributed by atoms with Crippen molar-refractivity contribution in [2.45, 2.75) is 6.10 Å². The first-order valence-electron chi connectivity index (χ1n) is 5.43. The van der Waals surface area contributed by atoms with Crippen molar-refractivity contribution < 1.29 is 15.0 Å². The fourth-order valence-electron chi connectivity index (χ4n) is 2.08. The number of benzene rings is 1. The Hall–Kier alpha value is -2.40. The number of nitrogens with one attached hydrogen (secondary N) is 1. The zero-order chi connectivity index (χ0) is 12.7. The molecule has 3 N–H and O–H groups in total. The van der Waals surface area contributed by atoms with Crippen molar-refractivity contribution in [3.8, 4) is 0 Å². The quantitative estimate of drug-likeness (QED) is 0.640. The van der Waals surface area contributed by atoms with Crippen LogP contribution in [0, 0.1) is 0 Å². The van der Waals surface area contributed by atoms with Gasteiger partial charge in [-0.15, -0.1) is 0 Å². The van der Waals surface area contributed by atoms with Gasteiger partial charge in [0.05, 0.1) is 11.7 Å². The molecule has 2 heterocycles. The number of aliphatic carboxylic acids is 1. The van der Waals surface area contributed by atoms with Gasteiger partial charge in [0.15, 0.2) is 6.10 Å². The fraction of sp³-hybridized carbons (Fsp3) is 0.0769. The molecule has 3 rings (SSSR count). The zero-order valence-electron chi connectivity index (χ0n) is 9.29. The minimum atomic E-state index is -1.50. The molecule has 0 bridgehead atoms. The van der Waals surface area contributed by atoms with Crippen LogP contribution < -0.4 is 0 Å². The molecule has 5 heteroatoms. The Morgan fingerprint density at radius 2 is 2.06 bits per heavy atom. The van der Waals surface area contributed by atoms with Crippen LogP contribution in [-0.4, -0.2) is 26.2 Å². The number of aliphatic hydroxyl groups is 1. The van der Waals surface area contributed by atoms with Crippen molar-refractivity contribution in [1.29, 1.82) is 0 Å². The second-order valence-corrected chi connectivity index (χ2v) is 4.09. The van der Waals surface area contributed by atoms with Crippen molar-refractivity contribution in [3.63, 3.8) is 0 Å². The van der Waals surface area contributed by atoms with E-state index in [-0.39, 0.29) is 0 Å². The number of aromatic amines is 1. The van der Waals surface area contributed by atoms with E-state index in [1.807, 2.05) is 6.07 Å². The Bertz CT molecular complexity index is 748. The molecular weight excluding hydrogens is 232 g/mol. The van der Waals surface area contributed by atoms with E-state index in [1.165, 1.54) is 0 Å². The highest BCUT2D eigenvalue weighted by atomic mass is 16.4. The number of hydrogen-bond acceptors (Lipinski definition) is 3. The predicted octanol–water partition coefficient (Wildman–Crippen LogP) is 1.83. The van der Waals surface area contributed by atoms with E-state index in [0.717, 1.165) is 21.8 Å². The van der Waals surface area contributed by atoms with Crippen LogP contribution in [0.1, 0.15) is 11.7 Å². The van der Waals surface area contributed by atoms with Crippen molar-refractivity contribution in [2.24, 2.45) is 0 Å². The summed E-state index contributed by atoms with van der Waals surface area (Å²) in [6, 6.07) is 6.90. The summed E-state index contributed by atoms with van der Waals surface area (Å²) >= 11 is 0. The molecule has 1 unspecified atom stereocenters. The largest absolute Gasteiger partial charge is 0.479 e. The number of rotatable bonds is 2. The molecule has 0 fully saturated rings. The van der Waals surface area contributed by atoms with Crippen LogP contribution in [0.5, 0.6) is 0 Å². The molecule has 3 aromatic rings. The number of carboxylic acid groups (broad SMARTS) is 1. The molecule has 0 aliphatic heterocycles. The van der Waals surface area contributed by atoms with E-state index in [4.69, 9.17) is 5.11 Å². The second kappa shape index (κ2) is 3.82. The maximum atomic E-state index is 10.8. The Morgan fingerprint density at radius 3 is 2.83 bits per heavy atom. The number of carbonyl (C=O) groups is 1. The number of nitrogens with zero attached hydrogens (tertiary/aromatic N) is 1. The lowest BCUT2D eigenvalue weighted by Gasteiger charge is -2.05. The minimum Gasteiger partial charge on any atom is -0.479 e. The van der Waals surface area contributed by atoms with Gasteiger partial charge in [-0.3, -0.25) is 4.98 Å². The highest BCUT2D eigenvalue weighted by molar-refractivity contribution is 6.07. The Labute approximate surface area is 102 Å². The van der Waals surface area contributed by atoms with E-state index in [0.29, 0.717) is 5.56 Å². The zero-order valence-corrected chi connectivity index (χ0v) is 9.29. The molecule has 0 aliphatic rings. The van der Waals surface area contributed by atoms with Crippen LogP contribution in [-0.2, 0) is 4.79 Å². The van der Waals surface area contributed by atoms with Crippen molar-refractivity contribution >= 4 is 27.8 Å². The van der Waals surface area contributed by atoms with Crippen molar-refractivity contribution in [1.82, 2.24) is 9.97 Å². The van der Waals surface area contributed by atoms with Gasteiger partial charge in [-0.2, -0.15) is 0 Å². The third kappa shape index (κ3) is 1.53. The highest BCUT2D eigenvalue weighted by Gasteiger charge is 2.16. The van der Waals surface area contributed by atoms with Gasteiger partial charge in [-0.25, -0.2) is 4.79 Å². The molecule has 0 spiro atoms. The number of aliphatic hydroxyl groups excluding tert-OH is 1. The standard InChI is InChI=1S/C13H10N2O3/c16-12(13(17)18)7-1-2-10-9(5-7)8-3-4-14-6-11(8)15-10/h1-6,12,15-16H,(H,17,18). The van der Waals surface area contributed by atoms with Crippen LogP contribution in [0.25, 0.3) is 21.8 Å². The maximum Gasteiger partial charge on any atom is 0.337 e. The first-order chi connectivity index (χ1) is 8.66. The summed E-state index contributed by atoms with van der Waals surface area (Å²) in [6.07, 6.45) is 1.89. The van der Waals surface area contributed by atoms with Crippen LogP contribution in [0.3, 0.4) is 0 Å². The molecule has 90 valence electrons. The monoisotopic (exact) mass is 242 g/mol. The van der Waals surface area contributed by atoms with E-state index in [2.05, 4.69) is 9.97 Å². The summed E-state index contributed by atoms with van der Waals surface area (Å²) < 4.78 is 0. The lowest BCUT2D eigenvalue weighted by atomic mass is 10.1. The van der Waals surface area contributed by atoms with Gasteiger partial charge < -0.3 is 15.2 Å². The molecule has 2 aromatic heterocycles. The number of carboxylic acids is 1. The summed E-state index contributed by atoms with van der Waals surface area (Å²) in [5.74, 6) is -1.25. The van der Waals surface area contributed by atoms with Gasteiger partial charge in [0.1, 0.15) is 0 Å². The van der Waals surface area contributed by atoms with Crippen LogP contribution >= 0.6 is 0 Å². The van der Waals surface area contributed by atoms with Crippen LogP contribution in [0.2, 0.25) is 0 Å². The minimum absolute atomic E-state index is 0.368. The number of fused-ring (bicyclic) bond motifs is 3. The van der Waals surface area contributed by atoms with Gasteiger partial charge >= 0.3 is 5.97 Å². The molecule has 0 amide bonds. The Balaban J connectivity index is 2.27. The average Bonchev–Trinajstić information content (AvgIpc) is 2.75. The lowest BCUT2D eigenvalue weighted by molar-refractivity contribution is -0.146. The third-order valence-electron chi connectivity index (χ3n) is 2.97. The molecule has 0 radical (unpaired) electrons. The SMILES string of the molecule is O=C(O)C(O)c1ccc2[nH]c3cnccc3c2c1. The maximum absolute atomic E-state index is 10.8. The van der Waals surface area contributed by atoms with Crippen molar-refractivity contribution in [2.75, 3.05) is 0 Å². The smallest absolute Gasteiger partial charge is 0.337 e. The molecule has 18 heavy (non-hydrogen) atoms. The second-order valence-electron chi connectivity index (χ2n) is 4.09. The summed E-state index contributed by atoms with van der Waals surface area (Å²) in [7, 11) is 0. The van der Waals surface area contributed by atoms with Gasteiger partial charge in [-0.1, -0.05) is 6.07 Å². The third-order valence-corrected chi connectivity index (χ3v) is 2.97.